The van der Waals surface area contributed by atoms with E-state index in [0.717, 1.165) is 10.2 Å². The molecule has 4 N–H and O–H groups in total. The molecule has 0 spiro atoms. The minimum Gasteiger partial charge on any atom is -0.434 e. The van der Waals surface area contributed by atoms with Crippen LogP contribution in [0.4, 0.5) is 5.82 Å². The molecule has 2 aromatic carbocycles. The summed E-state index contributed by atoms with van der Waals surface area (Å²) in [6, 6.07) is 11.5. The van der Waals surface area contributed by atoms with Gasteiger partial charge in [-0.1, -0.05) is 53.0 Å². The van der Waals surface area contributed by atoms with Gasteiger partial charge in [0.05, 0.1) is 21.3 Å². The third-order valence-electron chi connectivity index (χ3n) is 4.40. The predicted octanol–water partition coefficient (Wildman–Crippen LogP) is 2.66. The van der Waals surface area contributed by atoms with E-state index in [0.29, 0.717) is 11.1 Å². The number of nitrogen functional groups attached to an aromatic ring is 1. The summed E-state index contributed by atoms with van der Waals surface area (Å²) < 4.78 is 6.56. The van der Waals surface area contributed by atoms with E-state index >= 15 is 0 Å². The number of nitrogens with one attached hydrogen (secondary N) is 2. The number of hydrogen-bond donors (Lipinski definition) is 3. The zero-order chi connectivity index (χ0) is 23.0. The Morgan fingerprint density at radius 3 is 2.44 bits per heavy atom. The Labute approximate surface area is 189 Å². The van der Waals surface area contributed by atoms with Gasteiger partial charge in [-0.2, -0.15) is 4.68 Å². The van der Waals surface area contributed by atoms with Crippen molar-refractivity contribution >= 4 is 29.0 Å². The number of ether oxygens (including phenoxy) is 1. The van der Waals surface area contributed by atoms with E-state index < -0.39 is 22.6 Å². The molecule has 2 heterocycles. The lowest BCUT2D eigenvalue weighted by atomic mass is 10.1. The zero-order valence-corrected chi connectivity index (χ0v) is 17.9. The first kappa shape index (κ1) is 21.3. The molecule has 32 heavy (non-hydrogen) atoms. The first-order chi connectivity index (χ1) is 15.2. The maximum atomic E-state index is 12.3. The summed E-state index contributed by atoms with van der Waals surface area (Å²) in [6.45, 7) is 1.91. The number of rotatable bonds is 4. The molecule has 4 aromatic rings. The Hall–Kier alpha value is -3.89. The second-order valence-corrected chi connectivity index (χ2v) is 7.53. The standard InChI is InChI=1S/C20H14Cl2N6O4/c1-9-3-2-4-10(5-9)12-8-15(25-26-18(12)29)32-16-13(21)6-11(7-14(16)22)28-20(31)24-19(30)17(23)27-28/h2-8H,1H3,(H2,23,27)(H,26,29)(H,24,30,31). The van der Waals surface area contributed by atoms with Gasteiger partial charge >= 0.3 is 5.69 Å². The average molecular weight is 473 g/mol. The van der Waals surface area contributed by atoms with Crippen molar-refractivity contribution in [2.45, 2.75) is 6.92 Å². The largest absolute Gasteiger partial charge is 0.434 e. The van der Waals surface area contributed by atoms with E-state index in [1.54, 1.807) is 6.07 Å². The van der Waals surface area contributed by atoms with Gasteiger partial charge in [-0.05, 0) is 24.6 Å². The molecular weight excluding hydrogens is 459 g/mol. The van der Waals surface area contributed by atoms with E-state index in [1.807, 2.05) is 30.1 Å². The zero-order valence-electron chi connectivity index (χ0n) is 16.3. The predicted molar refractivity (Wildman–Crippen MR) is 120 cm³/mol. The third kappa shape index (κ3) is 4.13. The van der Waals surface area contributed by atoms with Crippen LogP contribution in [-0.2, 0) is 0 Å². The van der Waals surface area contributed by atoms with E-state index in [-0.39, 0.29) is 27.4 Å². The molecule has 0 aliphatic heterocycles. The summed E-state index contributed by atoms with van der Waals surface area (Å²) in [5.74, 6) is -0.322. The number of nitrogens with two attached hydrogens (primary N) is 1. The molecule has 10 nitrogen and oxygen atoms in total. The minimum atomic E-state index is -0.824. The van der Waals surface area contributed by atoms with Crippen LogP contribution in [0.1, 0.15) is 5.56 Å². The molecule has 0 radical (unpaired) electrons. The van der Waals surface area contributed by atoms with E-state index in [1.165, 1.54) is 18.2 Å². The summed E-state index contributed by atoms with van der Waals surface area (Å²) in [4.78, 5) is 37.8. The van der Waals surface area contributed by atoms with Gasteiger partial charge in [0.15, 0.2) is 5.75 Å². The monoisotopic (exact) mass is 472 g/mol. The molecule has 4 rings (SSSR count). The molecule has 0 aliphatic carbocycles. The second-order valence-electron chi connectivity index (χ2n) is 6.72. The van der Waals surface area contributed by atoms with Gasteiger partial charge in [0.25, 0.3) is 11.1 Å². The topological polar surface area (TPSA) is 149 Å². The fourth-order valence-electron chi connectivity index (χ4n) is 2.93. The second kappa shape index (κ2) is 8.33. The number of halogens is 2. The summed E-state index contributed by atoms with van der Waals surface area (Å²) in [5.41, 5.74) is 5.62. The molecule has 0 unspecified atom stereocenters. The molecule has 0 fully saturated rings. The van der Waals surface area contributed by atoms with Crippen LogP contribution >= 0.6 is 23.2 Å². The van der Waals surface area contributed by atoms with Crippen LogP contribution in [0.3, 0.4) is 0 Å². The van der Waals surface area contributed by atoms with Gasteiger partial charge in [-0.15, -0.1) is 10.2 Å². The van der Waals surface area contributed by atoms with Crippen molar-refractivity contribution in [1.29, 1.82) is 0 Å². The molecule has 0 saturated heterocycles. The summed E-state index contributed by atoms with van der Waals surface area (Å²) in [5, 5.41) is 10.0. The number of hydrogen-bond acceptors (Lipinski definition) is 7. The highest BCUT2D eigenvalue weighted by atomic mass is 35.5. The fourth-order valence-corrected chi connectivity index (χ4v) is 3.48. The van der Waals surface area contributed by atoms with Crippen molar-refractivity contribution in [3.05, 3.63) is 89.3 Å². The van der Waals surface area contributed by atoms with Gasteiger partial charge < -0.3 is 10.5 Å². The number of H-pyrrole nitrogens is 2. The Kier molecular flexibility index (Phi) is 5.56. The van der Waals surface area contributed by atoms with Gasteiger partial charge in [-0.3, -0.25) is 14.6 Å². The molecule has 162 valence electrons. The van der Waals surface area contributed by atoms with Crippen LogP contribution in [-0.4, -0.2) is 25.0 Å². The third-order valence-corrected chi connectivity index (χ3v) is 4.96. The van der Waals surface area contributed by atoms with Gasteiger partial charge in [0, 0.05) is 6.07 Å². The van der Waals surface area contributed by atoms with Crippen LogP contribution in [0.15, 0.2) is 56.8 Å². The number of aromatic amines is 2. The number of aromatic nitrogens is 5. The number of aryl methyl sites for hydroxylation is 1. The lowest BCUT2D eigenvalue weighted by Crippen LogP contribution is -2.33. The Bertz CT molecular complexity index is 1500. The van der Waals surface area contributed by atoms with Crippen molar-refractivity contribution in [2.24, 2.45) is 0 Å². The van der Waals surface area contributed by atoms with Gasteiger partial charge in [0.1, 0.15) is 0 Å². The first-order valence-electron chi connectivity index (χ1n) is 9.06. The molecule has 0 aliphatic rings. The van der Waals surface area contributed by atoms with Gasteiger partial charge in [0.2, 0.25) is 11.7 Å². The lowest BCUT2D eigenvalue weighted by molar-refractivity contribution is 0.455. The van der Waals surface area contributed by atoms with Crippen molar-refractivity contribution in [3.8, 4) is 28.4 Å². The maximum absolute atomic E-state index is 12.3. The Morgan fingerprint density at radius 1 is 1.03 bits per heavy atom. The maximum Gasteiger partial charge on any atom is 0.349 e. The normalized spacial score (nSPS) is 10.8. The first-order valence-corrected chi connectivity index (χ1v) is 9.81. The highest BCUT2D eigenvalue weighted by molar-refractivity contribution is 6.37. The van der Waals surface area contributed by atoms with Crippen LogP contribution < -0.4 is 27.3 Å². The van der Waals surface area contributed by atoms with Crippen molar-refractivity contribution in [1.82, 2.24) is 25.0 Å². The lowest BCUT2D eigenvalue weighted by Gasteiger charge is -2.12. The number of benzene rings is 2. The summed E-state index contributed by atoms with van der Waals surface area (Å²) in [6.07, 6.45) is 0. The SMILES string of the molecule is Cc1cccc(-c2cc(Oc3c(Cl)cc(-n4nc(N)c(=O)[nH]c4=O)cc3Cl)n[nH]c2=O)c1. The Balaban J connectivity index is 1.73. The molecule has 2 aromatic heterocycles. The number of nitrogens with zero attached hydrogens (tertiary/aromatic N) is 3. The quantitative estimate of drug-likeness (QED) is 0.413. The highest BCUT2D eigenvalue weighted by Gasteiger charge is 2.16. The minimum absolute atomic E-state index is 0.0241. The molecular formula is C20H14Cl2N6O4. The highest BCUT2D eigenvalue weighted by Crippen LogP contribution is 2.37. The smallest absolute Gasteiger partial charge is 0.349 e. The Morgan fingerprint density at radius 2 is 1.75 bits per heavy atom. The number of anilines is 1. The fraction of sp³-hybridized carbons (Fsp3) is 0.0500. The average Bonchev–Trinajstić information content (AvgIpc) is 2.74. The molecule has 0 amide bonds. The molecule has 0 bridgehead atoms. The van der Waals surface area contributed by atoms with E-state index in [2.05, 4.69) is 15.3 Å². The molecule has 0 saturated carbocycles. The van der Waals surface area contributed by atoms with Crippen LogP contribution in [0.2, 0.25) is 10.0 Å². The summed E-state index contributed by atoms with van der Waals surface area (Å²) >= 11 is 12.6. The van der Waals surface area contributed by atoms with E-state index in [4.69, 9.17) is 33.7 Å². The summed E-state index contributed by atoms with van der Waals surface area (Å²) in [7, 11) is 0. The van der Waals surface area contributed by atoms with Crippen molar-refractivity contribution in [3.63, 3.8) is 0 Å². The van der Waals surface area contributed by atoms with Crippen LogP contribution in [0, 0.1) is 6.92 Å². The van der Waals surface area contributed by atoms with Crippen LogP contribution in [0.25, 0.3) is 16.8 Å². The van der Waals surface area contributed by atoms with Crippen LogP contribution in [0.5, 0.6) is 11.6 Å². The van der Waals surface area contributed by atoms with E-state index in [9.17, 15) is 14.4 Å². The van der Waals surface area contributed by atoms with Gasteiger partial charge in [-0.25, -0.2) is 9.89 Å². The van der Waals surface area contributed by atoms with Crippen molar-refractivity contribution < 1.29 is 4.74 Å². The molecule has 0 atom stereocenters. The molecule has 12 heteroatoms. The van der Waals surface area contributed by atoms with Crippen molar-refractivity contribution in [2.75, 3.05) is 5.73 Å².